The Kier molecular flexibility index (Phi) is 38.5. The highest BCUT2D eigenvalue weighted by atomic mass is 31.2. The molecule has 0 aromatic carbocycles. The maximum absolute atomic E-state index is 12.5. The first-order valence-electron chi connectivity index (χ1n) is 20.8. The van der Waals surface area contributed by atoms with E-state index in [0.717, 1.165) is 51.4 Å². The highest BCUT2D eigenvalue weighted by Gasteiger charge is 2.25. The van der Waals surface area contributed by atoms with Crippen molar-refractivity contribution in [1.82, 2.24) is 0 Å². The summed E-state index contributed by atoms with van der Waals surface area (Å²) in [4.78, 5) is 34.8. The maximum Gasteiger partial charge on any atom is 0.472 e. The number of allylic oxidation sites excluding steroid dienone is 20. The van der Waals surface area contributed by atoms with Gasteiger partial charge in [0.15, 0.2) is 6.10 Å². The predicted octanol–water partition coefficient (Wildman–Crippen LogP) is 10.9. The van der Waals surface area contributed by atoms with E-state index in [2.05, 4.69) is 86.8 Å². The summed E-state index contributed by atoms with van der Waals surface area (Å²) < 4.78 is 32.5. The fourth-order valence-electron chi connectivity index (χ4n) is 4.60. The third-order valence-corrected chi connectivity index (χ3v) is 8.61. The number of hydrogen-bond acceptors (Lipinski definition) is 9. The topological polar surface area (TPSA) is 155 Å². The van der Waals surface area contributed by atoms with Gasteiger partial charge in [-0.05, 0) is 83.5 Å². The van der Waals surface area contributed by atoms with E-state index in [1.54, 1.807) is 6.08 Å². The van der Waals surface area contributed by atoms with E-state index in [1.807, 2.05) is 54.7 Å². The van der Waals surface area contributed by atoms with Crippen LogP contribution in [-0.4, -0.2) is 60.5 Å². The van der Waals surface area contributed by atoms with Crippen molar-refractivity contribution in [3.05, 3.63) is 134 Å². The van der Waals surface area contributed by atoms with Crippen LogP contribution < -0.4 is 5.73 Å². The van der Waals surface area contributed by atoms with Gasteiger partial charge in [0.1, 0.15) is 6.61 Å². The number of hydrogen-bond donors (Lipinski definition) is 3. The Balaban J connectivity index is 4.50. The number of esters is 2. The number of aliphatic hydroxyl groups excluding tert-OH is 1. The summed E-state index contributed by atoms with van der Waals surface area (Å²) in [6.45, 7) is 3.21. The predicted molar refractivity (Wildman–Crippen MR) is 239 cm³/mol. The lowest BCUT2D eigenvalue weighted by Crippen LogP contribution is -2.29. The minimum Gasteiger partial charge on any atom is -0.462 e. The number of rotatable bonds is 36. The number of aliphatic hydroxyl groups is 1. The molecule has 10 nitrogen and oxygen atoms in total. The molecule has 324 valence electrons. The number of phosphoric ester groups is 1. The van der Waals surface area contributed by atoms with Crippen LogP contribution >= 0.6 is 7.82 Å². The van der Waals surface area contributed by atoms with Crippen LogP contribution in [0.1, 0.15) is 110 Å². The molecule has 0 rings (SSSR count). The molecular formula is C47H72NO9P. The Hall–Kier alpha value is -3.89. The lowest BCUT2D eigenvalue weighted by molar-refractivity contribution is -0.161. The smallest absolute Gasteiger partial charge is 0.462 e. The highest BCUT2D eigenvalue weighted by Crippen LogP contribution is 2.43. The van der Waals surface area contributed by atoms with Crippen LogP contribution in [0.5, 0.6) is 0 Å². The summed E-state index contributed by atoms with van der Waals surface area (Å²) in [5.74, 6) is -1.05. The Bertz CT molecular complexity index is 1420. The van der Waals surface area contributed by atoms with Gasteiger partial charge in [0.25, 0.3) is 0 Å². The van der Waals surface area contributed by atoms with Crippen molar-refractivity contribution in [3.63, 3.8) is 0 Å². The zero-order valence-electron chi connectivity index (χ0n) is 35.1. The van der Waals surface area contributed by atoms with Crippen LogP contribution in [0.4, 0.5) is 0 Å². The van der Waals surface area contributed by atoms with Crippen LogP contribution in [-0.2, 0) is 32.7 Å². The van der Waals surface area contributed by atoms with Gasteiger partial charge in [-0.3, -0.25) is 18.6 Å². The molecule has 0 spiro atoms. The largest absolute Gasteiger partial charge is 0.472 e. The second kappa shape index (κ2) is 41.3. The molecule has 0 saturated heterocycles. The van der Waals surface area contributed by atoms with Gasteiger partial charge >= 0.3 is 19.8 Å². The third kappa shape index (κ3) is 40.3. The summed E-state index contributed by atoms with van der Waals surface area (Å²) in [7, 11) is -4.43. The number of carbonyl (C=O) groups excluding carboxylic acids is 2. The number of nitrogens with two attached hydrogens (primary N) is 1. The average Bonchev–Trinajstić information content (AvgIpc) is 3.21. The lowest BCUT2D eigenvalue weighted by Gasteiger charge is -2.19. The van der Waals surface area contributed by atoms with Crippen LogP contribution in [0.2, 0.25) is 0 Å². The van der Waals surface area contributed by atoms with E-state index in [-0.39, 0.29) is 32.6 Å². The van der Waals surface area contributed by atoms with Crippen molar-refractivity contribution in [1.29, 1.82) is 0 Å². The SMILES string of the molecule is CC/C=C\C/C=C\C/C=C\C/C=C\C/C=C\C/C=C\CCC(=O)OC[C@H](COP(=O)(O)OCCN)OC(=O)CCC/C=C\C/C=C\C=C\C(O)C/C=C\C/C=C\CC. The normalized spacial score (nSPS) is 15.2. The van der Waals surface area contributed by atoms with E-state index in [1.165, 1.54) is 0 Å². The zero-order valence-corrected chi connectivity index (χ0v) is 36.0. The molecule has 0 aromatic rings. The number of unbranched alkanes of at least 4 members (excludes halogenated alkanes) is 1. The van der Waals surface area contributed by atoms with Crippen molar-refractivity contribution in [2.45, 2.75) is 122 Å². The minimum atomic E-state index is -4.43. The zero-order chi connectivity index (χ0) is 42.6. The lowest BCUT2D eigenvalue weighted by atomic mass is 10.2. The Morgan fingerprint density at radius 2 is 1.10 bits per heavy atom. The molecule has 0 amide bonds. The van der Waals surface area contributed by atoms with Gasteiger partial charge in [-0.1, -0.05) is 148 Å². The molecule has 0 heterocycles. The average molecular weight is 826 g/mol. The van der Waals surface area contributed by atoms with Crippen LogP contribution in [0.15, 0.2) is 134 Å². The summed E-state index contributed by atoms with van der Waals surface area (Å²) in [5.41, 5.74) is 5.33. The molecule has 0 aliphatic rings. The van der Waals surface area contributed by atoms with Gasteiger partial charge in [-0.25, -0.2) is 4.57 Å². The number of ether oxygens (including phenoxy) is 2. The Morgan fingerprint density at radius 3 is 1.66 bits per heavy atom. The van der Waals surface area contributed by atoms with Gasteiger partial charge < -0.3 is 25.2 Å². The molecule has 0 aromatic heterocycles. The Morgan fingerprint density at radius 1 is 0.603 bits per heavy atom. The molecule has 0 radical (unpaired) electrons. The summed E-state index contributed by atoms with van der Waals surface area (Å²) in [6, 6.07) is 0. The van der Waals surface area contributed by atoms with E-state index >= 15 is 0 Å². The Labute approximate surface area is 349 Å². The second-order valence-corrected chi connectivity index (χ2v) is 14.4. The van der Waals surface area contributed by atoms with Gasteiger partial charge in [0, 0.05) is 19.4 Å². The van der Waals surface area contributed by atoms with E-state index in [0.29, 0.717) is 32.1 Å². The quantitative estimate of drug-likeness (QED) is 0.0183. The molecule has 0 fully saturated rings. The van der Waals surface area contributed by atoms with Crippen molar-refractivity contribution in [3.8, 4) is 0 Å². The molecule has 0 aliphatic heterocycles. The summed E-state index contributed by atoms with van der Waals surface area (Å²) in [5, 5.41) is 10.0. The molecule has 11 heteroatoms. The van der Waals surface area contributed by atoms with Crippen LogP contribution in [0.3, 0.4) is 0 Å². The van der Waals surface area contributed by atoms with E-state index < -0.39 is 38.6 Å². The highest BCUT2D eigenvalue weighted by molar-refractivity contribution is 7.47. The fourth-order valence-corrected chi connectivity index (χ4v) is 5.37. The molecule has 0 aliphatic carbocycles. The van der Waals surface area contributed by atoms with Crippen molar-refractivity contribution in [2.24, 2.45) is 5.73 Å². The first-order chi connectivity index (χ1) is 28.2. The standard InChI is InChI=1S/C47H72NO9P/c1-3-5-7-9-11-12-13-14-15-16-17-18-19-20-21-22-26-30-34-38-46(50)54-42-45(43-56-58(52,53)55-41-40-48)57-47(51)39-35-31-27-24-23-25-29-33-37-44(49)36-32-28-10-8-6-4-2/h5-8,11-12,14-15,17-18,20-21,24-30,32-33,37,44-45,49H,3-4,9-10,13,16,19,22-23,31,34-36,38-43,48H2,1-2H3,(H,52,53)/b7-5-,8-6-,12-11-,15-14-,18-17-,21-20-,27-24-,29-25-,30-26-,32-28-,37-33+/t44?,45-/m1/s1. The molecule has 3 atom stereocenters. The molecule has 0 saturated carbocycles. The van der Waals surface area contributed by atoms with Crippen LogP contribution in [0, 0.1) is 0 Å². The molecule has 58 heavy (non-hydrogen) atoms. The first-order valence-corrected chi connectivity index (χ1v) is 22.3. The minimum absolute atomic E-state index is 0.0163. The summed E-state index contributed by atoms with van der Waals surface area (Å²) >= 11 is 0. The van der Waals surface area contributed by atoms with Crippen LogP contribution in [0.25, 0.3) is 0 Å². The van der Waals surface area contributed by atoms with E-state index in [4.69, 9.17) is 24.3 Å². The molecular weight excluding hydrogens is 753 g/mol. The third-order valence-electron chi connectivity index (χ3n) is 7.63. The molecule has 0 bridgehead atoms. The second-order valence-electron chi connectivity index (χ2n) is 12.9. The van der Waals surface area contributed by atoms with Gasteiger partial charge in [-0.15, -0.1) is 0 Å². The van der Waals surface area contributed by atoms with Gasteiger partial charge in [0.2, 0.25) is 0 Å². The van der Waals surface area contributed by atoms with Crippen molar-refractivity contribution < 1.29 is 42.7 Å². The number of carbonyl (C=O) groups is 2. The van der Waals surface area contributed by atoms with Gasteiger partial charge in [0.05, 0.1) is 19.3 Å². The van der Waals surface area contributed by atoms with E-state index in [9.17, 15) is 24.2 Å². The fraction of sp³-hybridized carbons (Fsp3) is 0.489. The summed E-state index contributed by atoms with van der Waals surface area (Å²) in [6.07, 6.45) is 53.9. The molecule has 4 N–H and O–H groups in total. The van der Waals surface area contributed by atoms with Crippen molar-refractivity contribution in [2.75, 3.05) is 26.4 Å². The number of phosphoric acid groups is 1. The maximum atomic E-state index is 12.5. The van der Waals surface area contributed by atoms with Gasteiger partial charge in [-0.2, -0.15) is 0 Å². The first kappa shape index (κ1) is 54.1. The molecule has 2 unspecified atom stereocenters. The monoisotopic (exact) mass is 825 g/mol. The van der Waals surface area contributed by atoms with Crippen molar-refractivity contribution >= 4 is 19.8 Å².